The van der Waals surface area contributed by atoms with Gasteiger partial charge in [0, 0.05) is 0 Å². The third kappa shape index (κ3) is 2.48. The molecule has 0 radical (unpaired) electrons. The first-order valence-electron chi connectivity index (χ1n) is 4.26. The molecule has 0 aliphatic heterocycles. The van der Waals surface area contributed by atoms with Crippen molar-refractivity contribution >= 4 is 12.6 Å². The molecule has 13 heavy (non-hydrogen) atoms. The van der Waals surface area contributed by atoms with E-state index in [2.05, 4.69) is 0 Å². The topological polar surface area (TPSA) is 60.7 Å². The Balaban J connectivity index is 3.05. The van der Waals surface area contributed by atoms with Crippen LogP contribution < -0.4 is 5.30 Å². The maximum atomic E-state index is 9.69. The van der Waals surface area contributed by atoms with Gasteiger partial charge in [-0.3, -0.25) is 0 Å². The van der Waals surface area contributed by atoms with Gasteiger partial charge in [-0.15, -0.1) is 0 Å². The second-order valence-corrected chi connectivity index (χ2v) is 6.47. The summed E-state index contributed by atoms with van der Waals surface area (Å²) in [6.07, 6.45) is 0.561. The summed E-state index contributed by atoms with van der Waals surface area (Å²) in [7, 11) is -4.55. The minimum absolute atomic E-state index is 0.0234. The van der Waals surface area contributed by atoms with Gasteiger partial charge in [0.05, 0.1) is 0 Å². The van der Waals surface area contributed by atoms with Gasteiger partial charge in [-0.05, 0) is 0 Å². The monoisotopic (exact) mass is 202 g/mol. The fourth-order valence-electron chi connectivity index (χ4n) is 1.27. The Morgan fingerprint density at radius 1 is 1.08 bits per heavy atom. The van der Waals surface area contributed by atoms with Gasteiger partial charge in [0.25, 0.3) is 0 Å². The Hall–Kier alpha value is -0.470. The van der Waals surface area contributed by atoms with Crippen LogP contribution in [0, 0.1) is 0 Å². The first-order valence-corrected chi connectivity index (χ1v) is 6.54. The van der Waals surface area contributed by atoms with Crippen LogP contribution in [0.1, 0.15) is 13.3 Å². The van der Waals surface area contributed by atoms with Crippen molar-refractivity contribution in [3.63, 3.8) is 0 Å². The van der Waals surface area contributed by atoms with Crippen LogP contribution in [0.15, 0.2) is 30.3 Å². The summed E-state index contributed by atoms with van der Waals surface area (Å²) >= 11 is 0. The van der Waals surface area contributed by atoms with Crippen LogP contribution in [0.4, 0.5) is 0 Å². The van der Waals surface area contributed by atoms with Crippen LogP contribution in [-0.4, -0.2) is 20.8 Å². The molecule has 0 spiro atoms. The molecule has 0 aliphatic rings. The molecule has 1 aromatic carbocycles. The molecule has 4 heteroatoms. The molecule has 1 aromatic rings. The van der Waals surface area contributed by atoms with Crippen molar-refractivity contribution in [1.29, 1.82) is 0 Å². The van der Waals surface area contributed by atoms with E-state index in [4.69, 9.17) is 0 Å². The van der Waals surface area contributed by atoms with Crippen LogP contribution >= 0.6 is 7.28 Å². The van der Waals surface area contributed by atoms with Crippen molar-refractivity contribution in [2.45, 2.75) is 13.3 Å². The van der Waals surface area contributed by atoms with Crippen LogP contribution in [0.3, 0.4) is 0 Å². The van der Waals surface area contributed by atoms with Gasteiger partial charge in [-0.1, -0.05) is 0 Å². The van der Waals surface area contributed by atoms with E-state index in [1.165, 1.54) is 12.1 Å². The average Bonchev–Trinajstić information content (AvgIpc) is 2.05. The normalized spacial score (nSPS) is 14.9. The number of hydrogen-bond donors (Lipinski definition) is 3. The van der Waals surface area contributed by atoms with Gasteiger partial charge in [0.2, 0.25) is 0 Å². The molecule has 0 fully saturated rings. The standard InChI is InChI=1S/C9H15O3P/c1-2-8-13(10,11,12)9-6-4-3-5-7-9/h3-7,10-12H,2,8H2,1H3. The fraction of sp³-hybridized carbons (Fsp3) is 0.333. The Morgan fingerprint density at radius 2 is 1.62 bits per heavy atom. The van der Waals surface area contributed by atoms with Crippen molar-refractivity contribution < 1.29 is 14.7 Å². The second-order valence-electron chi connectivity index (χ2n) is 3.21. The van der Waals surface area contributed by atoms with Crippen molar-refractivity contribution in [3.05, 3.63) is 30.3 Å². The third-order valence-corrected chi connectivity index (χ3v) is 4.55. The minimum atomic E-state index is -4.55. The van der Waals surface area contributed by atoms with E-state index >= 15 is 0 Å². The average molecular weight is 202 g/mol. The van der Waals surface area contributed by atoms with Gasteiger partial charge in [0.1, 0.15) is 0 Å². The van der Waals surface area contributed by atoms with Crippen molar-refractivity contribution in [3.8, 4) is 0 Å². The molecule has 0 bridgehead atoms. The Bertz CT molecular complexity index is 276. The van der Waals surface area contributed by atoms with Gasteiger partial charge >= 0.3 is 77.1 Å². The van der Waals surface area contributed by atoms with Crippen LogP contribution in [-0.2, 0) is 0 Å². The summed E-state index contributed by atoms with van der Waals surface area (Å²) in [6.45, 7) is 1.80. The number of benzene rings is 1. The SMILES string of the molecule is CCCP(O)(O)(O)c1ccccc1. The predicted molar refractivity (Wildman–Crippen MR) is 54.8 cm³/mol. The molecule has 0 aliphatic carbocycles. The molecule has 74 valence electrons. The summed E-state index contributed by atoms with van der Waals surface area (Å²) < 4.78 is 0. The Labute approximate surface area is 77.8 Å². The zero-order valence-corrected chi connectivity index (χ0v) is 8.48. The van der Waals surface area contributed by atoms with Crippen molar-refractivity contribution in [1.82, 2.24) is 0 Å². The molecule has 1 rings (SSSR count). The van der Waals surface area contributed by atoms with Crippen molar-refractivity contribution in [2.24, 2.45) is 0 Å². The summed E-state index contributed by atoms with van der Waals surface area (Å²) in [5.41, 5.74) is 0. The first kappa shape index (κ1) is 10.6. The molecule has 0 unspecified atom stereocenters. The zero-order chi connectivity index (χ0) is 9.97. The second kappa shape index (κ2) is 3.35. The molecule has 0 saturated heterocycles. The van der Waals surface area contributed by atoms with E-state index in [1.54, 1.807) is 25.1 Å². The first-order chi connectivity index (χ1) is 5.94. The van der Waals surface area contributed by atoms with E-state index in [9.17, 15) is 14.7 Å². The molecule has 0 heterocycles. The summed E-state index contributed by atoms with van der Waals surface area (Å²) in [5.74, 6) is 0. The van der Waals surface area contributed by atoms with E-state index in [1.807, 2.05) is 0 Å². The van der Waals surface area contributed by atoms with Gasteiger partial charge in [-0.2, -0.15) is 0 Å². The van der Waals surface area contributed by atoms with Crippen LogP contribution in [0.2, 0.25) is 0 Å². The number of hydrogen-bond acceptors (Lipinski definition) is 3. The van der Waals surface area contributed by atoms with E-state index in [-0.39, 0.29) is 11.5 Å². The molecule has 0 amide bonds. The Kier molecular flexibility index (Phi) is 2.74. The fourth-order valence-corrected chi connectivity index (χ4v) is 3.14. The molecule has 0 atom stereocenters. The van der Waals surface area contributed by atoms with Crippen molar-refractivity contribution in [2.75, 3.05) is 6.16 Å². The predicted octanol–water partition coefficient (Wildman–Crippen LogP) is 0.997. The Morgan fingerprint density at radius 3 is 2.08 bits per heavy atom. The molecule has 0 saturated carbocycles. The number of rotatable bonds is 3. The quantitative estimate of drug-likeness (QED) is 0.641. The van der Waals surface area contributed by atoms with Crippen LogP contribution in [0.25, 0.3) is 0 Å². The summed E-state index contributed by atoms with van der Waals surface area (Å²) in [4.78, 5) is 29.1. The van der Waals surface area contributed by atoms with Gasteiger partial charge in [-0.25, -0.2) is 0 Å². The van der Waals surface area contributed by atoms with Gasteiger partial charge in [0.15, 0.2) is 0 Å². The summed E-state index contributed by atoms with van der Waals surface area (Å²) in [5, 5.41) is 0.232. The van der Waals surface area contributed by atoms with Crippen LogP contribution in [0.5, 0.6) is 0 Å². The van der Waals surface area contributed by atoms with E-state index in [0.717, 1.165) is 0 Å². The molecular formula is C9H15O3P. The molecular weight excluding hydrogens is 187 g/mol. The molecule has 3 nitrogen and oxygen atoms in total. The maximum absolute atomic E-state index is 9.69. The zero-order valence-electron chi connectivity index (χ0n) is 7.59. The third-order valence-electron chi connectivity index (χ3n) is 1.92. The summed E-state index contributed by atoms with van der Waals surface area (Å²) in [6, 6.07) is 8.19. The van der Waals surface area contributed by atoms with Gasteiger partial charge < -0.3 is 0 Å². The molecule has 3 N–H and O–H groups in total. The van der Waals surface area contributed by atoms with E-state index < -0.39 is 7.28 Å². The van der Waals surface area contributed by atoms with E-state index in [0.29, 0.717) is 6.42 Å². The molecule has 0 aromatic heterocycles.